The summed E-state index contributed by atoms with van der Waals surface area (Å²) < 4.78 is 2.47. The Hall–Kier alpha value is -3.77. The van der Waals surface area contributed by atoms with Crippen molar-refractivity contribution in [2.24, 2.45) is 0 Å². The van der Waals surface area contributed by atoms with Gasteiger partial charge in [0.15, 0.2) is 0 Å². The summed E-state index contributed by atoms with van der Waals surface area (Å²) in [6, 6.07) is 30.8. The predicted molar refractivity (Wildman–Crippen MR) is 129 cm³/mol. The number of para-hydroxylation sites is 2. The number of aromatic nitrogens is 1. The largest absolute Gasteiger partial charge is 0.310 e. The summed E-state index contributed by atoms with van der Waals surface area (Å²) in [4.78, 5) is 0. The van der Waals surface area contributed by atoms with Gasteiger partial charge in [-0.15, -0.1) is 0 Å². The number of rotatable bonds is 0. The summed E-state index contributed by atoms with van der Waals surface area (Å²) in [5.41, 5.74) is 11.2. The molecule has 0 saturated heterocycles. The highest BCUT2D eigenvalue weighted by Crippen LogP contribution is 2.40. The van der Waals surface area contributed by atoms with Crippen molar-refractivity contribution in [1.82, 2.24) is 4.57 Å². The van der Waals surface area contributed by atoms with E-state index in [0.717, 1.165) is 5.56 Å². The van der Waals surface area contributed by atoms with E-state index < -0.39 is 0 Å². The number of benzene rings is 4. The Kier molecular flexibility index (Phi) is 3.00. The average Bonchev–Trinajstić information content (AvgIpc) is 3.15. The van der Waals surface area contributed by atoms with Crippen molar-refractivity contribution in [2.45, 2.75) is 19.3 Å². The Morgan fingerprint density at radius 1 is 0.806 bits per heavy atom. The number of fused-ring (bicyclic) bond motifs is 8. The lowest BCUT2D eigenvalue weighted by molar-refractivity contribution is 0.646. The Morgan fingerprint density at radius 3 is 2.48 bits per heavy atom. The molecule has 0 amide bonds. The molecule has 31 heavy (non-hydrogen) atoms. The van der Waals surface area contributed by atoms with Crippen LogP contribution in [0, 0.1) is 11.3 Å². The van der Waals surface area contributed by atoms with Crippen molar-refractivity contribution in [2.75, 3.05) is 0 Å². The van der Waals surface area contributed by atoms with Crippen molar-refractivity contribution in [1.29, 1.82) is 5.26 Å². The van der Waals surface area contributed by atoms with Gasteiger partial charge in [0, 0.05) is 27.4 Å². The molecule has 5 aromatic rings. The number of hydrogen-bond acceptors (Lipinski definition) is 1. The monoisotopic (exact) mass is 394 g/mol. The molecule has 7 rings (SSSR count). The van der Waals surface area contributed by atoms with Gasteiger partial charge < -0.3 is 4.57 Å². The molecule has 0 atom stereocenters. The molecule has 1 aromatic heterocycles. The van der Waals surface area contributed by atoms with Crippen LogP contribution in [0.1, 0.15) is 30.5 Å². The van der Waals surface area contributed by atoms with Crippen LogP contribution in [0.2, 0.25) is 0 Å². The lowest BCUT2D eigenvalue weighted by Gasteiger charge is -2.41. The number of hydrogen-bond donors (Lipinski definition) is 0. The fourth-order valence-electron chi connectivity index (χ4n) is 6.15. The van der Waals surface area contributed by atoms with Crippen LogP contribution in [0.3, 0.4) is 0 Å². The van der Waals surface area contributed by atoms with Gasteiger partial charge >= 0.3 is 0 Å². The van der Waals surface area contributed by atoms with E-state index in [0.29, 0.717) is 0 Å². The van der Waals surface area contributed by atoms with Crippen molar-refractivity contribution in [3.8, 4) is 11.8 Å². The van der Waals surface area contributed by atoms with Crippen molar-refractivity contribution < 1.29 is 0 Å². The van der Waals surface area contributed by atoms with E-state index >= 15 is 0 Å². The predicted octanol–water partition coefficient (Wildman–Crippen LogP) is 4.12. The first kappa shape index (κ1) is 17.0. The van der Waals surface area contributed by atoms with Gasteiger partial charge in [0.25, 0.3) is 0 Å². The van der Waals surface area contributed by atoms with Crippen molar-refractivity contribution >= 4 is 44.9 Å². The molecular weight excluding hydrogens is 375 g/mol. The van der Waals surface area contributed by atoms with Gasteiger partial charge in [-0.1, -0.05) is 73.9 Å². The van der Waals surface area contributed by atoms with Crippen LogP contribution >= 0.6 is 0 Å². The highest BCUT2D eigenvalue weighted by atomic mass is 15.0. The quantitative estimate of drug-likeness (QED) is 0.356. The third-order valence-electron chi connectivity index (χ3n) is 7.49. The molecule has 0 spiro atoms. The van der Waals surface area contributed by atoms with Crippen LogP contribution in [0.25, 0.3) is 27.5 Å². The molecule has 2 aliphatic heterocycles. The molecule has 0 aliphatic carbocycles. The van der Waals surface area contributed by atoms with E-state index in [9.17, 15) is 5.26 Å². The van der Waals surface area contributed by atoms with E-state index in [-0.39, 0.29) is 12.1 Å². The van der Waals surface area contributed by atoms with E-state index in [1.807, 2.05) is 6.07 Å². The Morgan fingerprint density at radius 2 is 1.61 bits per heavy atom. The fraction of sp³-hybridized carbons (Fsp3) is 0.107. The molecule has 3 heteroatoms. The Labute approximate surface area is 181 Å². The molecular formula is C28H19BN2. The minimum atomic E-state index is -0.171. The summed E-state index contributed by atoms with van der Waals surface area (Å²) >= 11 is 0. The van der Waals surface area contributed by atoms with Gasteiger partial charge in [-0.3, -0.25) is 0 Å². The van der Waals surface area contributed by atoms with Crippen molar-refractivity contribution in [3.05, 3.63) is 95.6 Å². The average molecular weight is 394 g/mol. The van der Waals surface area contributed by atoms with E-state index in [1.54, 1.807) is 0 Å². The van der Waals surface area contributed by atoms with Gasteiger partial charge in [0.1, 0.15) is 0 Å². The zero-order valence-corrected chi connectivity index (χ0v) is 17.5. The standard InChI is InChI=1S/C28H19BN2/c1-28(2)20-13-12-19-18-7-3-5-9-24(18)31-25-10-6-4-8-23(25)29(26(20)27(19)31)22-14-11-17(16-30)15-21(22)28/h3-15H,1-2H3. The molecule has 3 heterocycles. The van der Waals surface area contributed by atoms with Gasteiger partial charge in [0.2, 0.25) is 6.71 Å². The van der Waals surface area contributed by atoms with Crippen LogP contribution in [0.15, 0.2) is 78.9 Å². The van der Waals surface area contributed by atoms with Crippen LogP contribution in [-0.2, 0) is 5.41 Å². The summed E-state index contributed by atoms with van der Waals surface area (Å²) in [5, 5.41) is 12.2. The highest BCUT2D eigenvalue weighted by molar-refractivity contribution is 6.99. The first-order chi connectivity index (χ1) is 15.1. The highest BCUT2D eigenvalue weighted by Gasteiger charge is 2.44. The van der Waals surface area contributed by atoms with Crippen LogP contribution in [0.5, 0.6) is 0 Å². The van der Waals surface area contributed by atoms with Crippen molar-refractivity contribution in [3.63, 3.8) is 0 Å². The zero-order chi connectivity index (χ0) is 20.9. The third kappa shape index (κ3) is 1.89. The molecule has 0 saturated carbocycles. The SMILES string of the molecule is CC1(C)c2cc(C#N)ccc2B2c3ccccc3-n3c4ccccc4c4ccc1c2c43. The summed E-state index contributed by atoms with van der Waals surface area (Å²) in [7, 11) is 0. The summed E-state index contributed by atoms with van der Waals surface area (Å²) in [6.45, 7) is 4.78. The second-order valence-corrected chi connectivity index (χ2v) is 9.31. The molecule has 2 aliphatic rings. The van der Waals surface area contributed by atoms with Crippen LogP contribution in [-0.4, -0.2) is 11.3 Å². The second-order valence-electron chi connectivity index (χ2n) is 9.31. The maximum Gasteiger partial charge on any atom is 0.247 e. The number of nitrogens with zero attached hydrogens (tertiary/aromatic N) is 2. The molecule has 0 unspecified atom stereocenters. The van der Waals surface area contributed by atoms with E-state index in [1.165, 1.54) is 55.0 Å². The summed E-state index contributed by atoms with van der Waals surface area (Å²) in [5.74, 6) is 0. The van der Waals surface area contributed by atoms with Gasteiger partial charge in [-0.25, -0.2) is 0 Å². The lowest BCUT2D eigenvalue weighted by Crippen LogP contribution is -2.63. The molecule has 4 aromatic carbocycles. The third-order valence-corrected chi connectivity index (χ3v) is 7.49. The number of nitriles is 1. The van der Waals surface area contributed by atoms with Gasteiger partial charge in [-0.2, -0.15) is 5.26 Å². The minimum Gasteiger partial charge on any atom is -0.310 e. The smallest absolute Gasteiger partial charge is 0.247 e. The summed E-state index contributed by atoms with van der Waals surface area (Å²) in [6.07, 6.45) is 0. The topological polar surface area (TPSA) is 28.7 Å². The lowest BCUT2D eigenvalue weighted by atomic mass is 9.30. The normalized spacial score (nSPS) is 14.9. The van der Waals surface area contributed by atoms with E-state index in [4.69, 9.17) is 0 Å². The Bertz CT molecular complexity index is 1630. The fourth-order valence-corrected chi connectivity index (χ4v) is 6.15. The molecule has 0 bridgehead atoms. The minimum absolute atomic E-state index is 0.171. The molecule has 0 N–H and O–H groups in total. The van der Waals surface area contributed by atoms with Crippen LogP contribution in [0.4, 0.5) is 0 Å². The maximum absolute atomic E-state index is 9.56. The van der Waals surface area contributed by atoms with Gasteiger partial charge in [-0.05, 0) is 46.3 Å². The molecule has 2 nitrogen and oxygen atoms in total. The first-order valence-electron chi connectivity index (χ1n) is 10.8. The van der Waals surface area contributed by atoms with Gasteiger partial charge in [0.05, 0.1) is 17.1 Å². The second kappa shape index (κ2) is 5.48. The molecule has 144 valence electrons. The van der Waals surface area contributed by atoms with Crippen LogP contribution < -0.4 is 16.4 Å². The maximum atomic E-state index is 9.56. The molecule has 0 fully saturated rings. The zero-order valence-electron chi connectivity index (χ0n) is 17.5. The van der Waals surface area contributed by atoms with E-state index in [2.05, 4.69) is 97.3 Å². The molecule has 0 radical (unpaired) electrons. The Balaban J connectivity index is 1.75. The first-order valence-corrected chi connectivity index (χ1v) is 10.8.